The van der Waals surface area contributed by atoms with Crippen molar-refractivity contribution < 1.29 is 4.74 Å². The highest BCUT2D eigenvalue weighted by Crippen LogP contribution is 2.36. The van der Waals surface area contributed by atoms with Gasteiger partial charge in [0, 0.05) is 18.5 Å². The van der Waals surface area contributed by atoms with Gasteiger partial charge < -0.3 is 10.5 Å². The molecule has 2 rings (SSSR count). The highest BCUT2D eigenvalue weighted by molar-refractivity contribution is 14.1. The zero-order chi connectivity index (χ0) is 13.1. The number of nitrogens with zero attached hydrogens (tertiary/aromatic N) is 2. The van der Waals surface area contributed by atoms with Gasteiger partial charge in [-0.25, -0.2) is 0 Å². The Bertz CT molecular complexity index is 616. The van der Waals surface area contributed by atoms with Crippen molar-refractivity contribution in [1.82, 2.24) is 4.98 Å². The van der Waals surface area contributed by atoms with Crippen LogP contribution in [0.5, 0.6) is 11.5 Å². The van der Waals surface area contributed by atoms with E-state index in [1.165, 1.54) is 0 Å². The van der Waals surface area contributed by atoms with Crippen LogP contribution in [0, 0.1) is 14.9 Å². The van der Waals surface area contributed by atoms with E-state index in [0.29, 0.717) is 22.7 Å². The summed E-state index contributed by atoms with van der Waals surface area (Å²) in [6, 6.07) is 7.10. The average Bonchev–Trinajstić information content (AvgIpc) is 2.35. The fraction of sp³-hybridized carbons (Fsp3) is 0. The number of benzene rings is 1. The Morgan fingerprint density at radius 2 is 2.22 bits per heavy atom. The minimum atomic E-state index is 0.433. The smallest absolute Gasteiger partial charge is 0.163 e. The Kier molecular flexibility index (Phi) is 4.04. The molecule has 0 fully saturated rings. The largest absolute Gasteiger partial charge is 0.453 e. The highest BCUT2D eigenvalue weighted by Gasteiger charge is 2.11. The van der Waals surface area contributed by atoms with Crippen LogP contribution in [0.4, 0.5) is 5.69 Å². The van der Waals surface area contributed by atoms with Crippen molar-refractivity contribution in [1.29, 1.82) is 5.26 Å². The molecule has 4 nitrogen and oxygen atoms in total. The first kappa shape index (κ1) is 13.1. The van der Waals surface area contributed by atoms with Crippen molar-refractivity contribution in [2.24, 2.45) is 0 Å². The number of halogens is 2. The highest BCUT2D eigenvalue weighted by atomic mass is 127. The second-order valence-electron chi connectivity index (χ2n) is 3.40. The van der Waals surface area contributed by atoms with E-state index in [1.807, 2.05) is 0 Å². The average molecular weight is 416 g/mol. The Morgan fingerprint density at radius 1 is 1.44 bits per heavy atom. The molecule has 6 heteroatoms. The molecular formula is C12H7BrIN3O. The van der Waals surface area contributed by atoms with E-state index in [9.17, 15) is 0 Å². The SMILES string of the molecule is N#Cc1cc(N)c(Oc2ccncc2Br)c(I)c1. The molecule has 0 unspecified atom stereocenters. The summed E-state index contributed by atoms with van der Waals surface area (Å²) < 4.78 is 7.27. The van der Waals surface area contributed by atoms with Gasteiger partial charge in [0.1, 0.15) is 5.75 Å². The topological polar surface area (TPSA) is 71.9 Å². The van der Waals surface area contributed by atoms with Gasteiger partial charge >= 0.3 is 0 Å². The van der Waals surface area contributed by atoms with Crippen LogP contribution in [0.15, 0.2) is 35.1 Å². The van der Waals surface area contributed by atoms with Gasteiger partial charge in [0.25, 0.3) is 0 Å². The van der Waals surface area contributed by atoms with Gasteiger partial charge in [-0.15, -0.1) is 0 Å². The predicted molar refractivity (Wildman–Crippen MR) is 80.3 cm³/mol. The van der Waals surface area contributed by atoms with Crippen molar-refractivity contribution in [2.45, 2.75) is 0 Å². The van der Waals surface area contributed by atoms with Gasteiger partial charge in [-0.2, -0.15) is 5.26 Å². The number of aromatic nitrogens is 1. The predicted octanol–water partition coefficient (Wildman–Crippen LogP) is 3.69. The number of hydrogen-bond acceptors (Lipinski definition) is 4. The van der Waals surface area contributed by atoms with Crippen molar-refractivity contribution >= 4 is 44.2 Å². The molecule has 1 aromatic heterocycles. The van der Waals surface area contributed by atoms with E-state index in [-0.39, 0.29) is 0 Å². The first-order valence-corrected chi connectivity index (χ1v) is 6.75. The zero-order valence-electron chi connectivity index (χ0n) is 9.02. The molecule has 0 saturated carbocycles. The molecule has 0 aliphatic rings. The minimum absolute atomic E-state index is 0.433. The number of hydrogen-bond donors (Lipinski definition) is 1. The molecule has 18 heavy (non-hydrogen) atoms. The second kappa shape index (κ2) is 5.54. The fourth-order valence-corrected chi connectivity index (χ4v) is 2.43. The molecule has 2 aromatic rings. The van der Waals surface area contributed by atoms with Gasteiger partial charge in [-0.05, 0) is 50.7 Å². The molecular weight excluding hydrogens is 409 g/mol. The van der Waals surface area contributed by atoms with E-state index in [4.69, 9.17) is 15.7 Å². The van der Waals surface area contributed by atoms with Crippen molar-refractivity contribution in [3.8, 4) is 17.6 Å². The summed E-state index contributed by atoms with van der Waals surface area (Å²) in [6.45, 7) is 0. The van der Waals surface area contributed by atoms with Crippen LogP contribution >= 0.6 is 38.5 Å². The number of nitrogen functional groups attached to an aromatic ring is 1. The molecule has 0 radical (unpaired) electrons. The molecule has 0 spiro atoms. The van der Waals surface area contributed by atoms with E-state index < -0.39 is 0 Å². The lowest BCUT2D eigenvalue weighted by Gasteiger charge is -2.11. The van der Waals surface area contributed by atoms with E-state index >= 15 is 0 Å². The van der Waals surface area contributed by atoms with Crippen LogP contribution in [0.3, 0.4) is 0 Å². The second-order valence-corrected chi connectivity index (χ2v) is 5.41. The normalized spacial score (nSPS) is 9.83. The molecule has 1 aromatic carbocycles. The van der Waals surface area contributed by atoms with Crippen molar-refractivity contribution in [3.05, 3.63) is 44.2 Å². The Balaban J connectivity index is 2.42. The van der Waals surface area contributed by atoms with Gasteiger partial charge in [-0.1, -0.05) is 0 Å². The summed E-state index contributed by atoms with van der Waals surface area (Å²) in [6.07, 6.45) is 3.27. The first-order valence-electron chi connectivity index (χ1n) is 4.88. The molecule has 0 atom stereocenters. The molecule has 0 saturated heterocycles. The summed E-state index contributed by atoms with van der Waals surface area (Å²) in [4.78, 5) is 3.96. The van der Waals surface area contributed by atoms with Crippen molar-refractivity contribution in [3.63, 3.8) is 0 Å². The Morgan fingerprint density at radius 3 is 2.83 bits per heavy atom. The quantitative estimate of drug-likeness (QED) is 0.599. The lowest BCUT2D eigenvalue weighted by atomic mass is 10.2. The maximum Gasteiger partial charge on any atom is 0.163 e. The number of rotatable bonds is 2. The van der Waals surface area contributed by atoms with Crippen LogP contribution in [0.2, 0.25) is 0 Å². The fourth-order valence-electron chi connectivity index (χ4n) is 1.34. The minimum Gasteiger partial charge on any atom is -0.453 e. The van der Waals surface area contributed by atoms with Gasteiger partial charge in [0.15, 0.2) is 5.75 Å². The number of pyridine rings is 1. The Hall–Kier alpha value is -1.33. The molecule has 0 bridgehead atoms. The Labute approximate surface area is 126 Å². The monoisotopic (exact) mass is 415 g/mol. The lowest BCUT2D eigenvalue weighted by molar-refractivity contribution is 0.478. The summed E-state index contributed by atoms with van der Waals surface area (Å²) in [7, 11) is 0. The maximum atomic E-state index is 8.85. The first-order chi connectivity index (χ1) is 8.61. The standard InChI is InChI=1S/C12H7BrIN3O/c13-8-6-17-2-1-11(8)18-12-9(14)3-7(5-15)4-10(12)16/h1-4,6H,16H2. The molecule has 0 aliphatic heterocycles. The van der Waals surface area contributed by atoms with Gasteiger partial charge in [0.2, 0.25) is 0 Å². The molecule has 2 N–H and O–H groups in total. The molecule has 90 valence electrons. The summed E-state index contributed by atoms with van der Waals surface area (Å²) >= 11 is 5.43. The van der Waals surface area contributed by atoms with Crippen LogP contribution in [-0.2, 0) is 0 Å². The number of ether oxygens (including phenoxy) is 1. The summed E-state index contributed by atoms with van der Waals surface area (Å²) in [5.41, 5.74) is 6.83. The van der Waals surface area contributed by atoms with Crippen LogP contribution in [-0.4, -0.2) is 4.98 Å². The number of nitrogens with two attached hydrogens (primary N) is 1. The lowest BCUT2D eigenvalue weighted by Crippen LogP contribution is -1.96. The van der Waals surface area contributed by atoms with Gasteiger partial charge in [0.05, 0.1) is 25.4 Å². The third kappa shape index (κ3) is 2.73. The third-order valence-electron chi connectivity index (χ3n) is 2.15. The molecule has 0 amide bonds. The van der Waals surface area contributed by atoms with Gasteiger partial charge in [-0.3, -0.25) is 4.98 Å². The van der Waals surface area contributed by atoms with Crippen LogP contribution in [0.25, 0.3) is 0 Å². The number of anilines is 1. The van der Waals surface area contributed by atoms with E-state index in [0.717, 1.165) is 8.04 Å². The molecule has 0 aliphatic carbocycles. The number of nitriles is 1. The zero-order valence-corrected chi connectivity index (χ0v) is 12.8. The summed E-state index contributed by atoms with van der Waals surface area (Å²) in [5.74, 6) is 1.17. The van der Waals surface area contributed by atoms with E-state index in [2.05, 4.69) is 49.6 Å². The van der Waals surface area contributed by atoms with E-state index in [1.54, 1.807) is 30.6 Å². The van der Waals surface area contributed by atoms with Crippen LogP contribution in [0.1, 0.15) is 5.56 Å². The third-order valence-corrected chi connectivity index (χ3v) is 3.55. The molecule has 1 heterocycles. The van der Waals surface area contributed by atoms with Crippen LogP contribution < -0.4 is 10.5 Å². The van der Waals surface area contributed by atoms with Crippen molar-refractivity contribution in [2.75, 3.05) is 5.73 Å². The summed E-state index contributed by atoms with van der Waals surface area (Å²) in [5, 5.41) is 8.85. The maximum absolute atomic E-state index is 8.85.